The van der Waals surface area contributed by atoms with E-state index in [-0.39, 0.29) is 5.69 Å². The molecule has 3 N–H and O–H groups in total. The van der Waals surface area contributed by atoms with Gasteiger partial charge in [-0.25, -0.2) is 17.9 Å². The van der Waals surface area contributed by atoms with E-state index in [1.54, 1.807) is 14.0 Å². The van der Waals surface area contributed by atoms with Crippen LogP contribution in [0, 0.1) is 12.7 Å². The Morgan fingerprint density at radius 1 is 1.38 bits per heavy atom. The molecule has 0 saturated heterocycles. The number of anilines is 1. The molecule has 2 rings (SSSR count). The van der Waals surface area contributed by atoms with Crippen molar-refractivity contribution < 1.29 is 17.6 Å². The molecule has 7 nitrogen and oxygen atoms in total. The zero-order valence-electron chi connectivity index (χ0n) is 11.3. The molecule has 9 heteroatoms. The van der Waals surface area contributed by atoms with Crippen LogP contribution in [0.5, 0.6) is 0 Å². The average Bonchev–Trinajstić information content (AvgIpc) is 2.68. The Morgan fingerprint density at radius 3 is 2.57 bits per heavy atom. The van der Waals surface area contributed by atoms with E-state index in [2.05, 4.69) is 10.4 Å². The summed E-state index contributed by atoms with van der Waals surface area (Å²) in [5.41, 5.74) is 0.918. The first-order valence-electron chi connectivity index (χ1n) is 5.82. The lowest BCUT2D eigenvalue weighted by atomic mass is 10.2. The Balaban J connectivity index is 2.34. The van der Waals surface area contributed by atoms with Crippen molar-refractivity contribution in [1.29, 1.82) is 0 Å². The number of hydrogen-bond donors (Lipinski definition) is 2. The largest absolute Gasteiger partial charge is 0.322 e. The molecule has 2 aromatic rings. The topological polar surface area (TPSA) is 107 Å². The zero-order valence-corrected chi connectivity index (χ0v) is 12.1. The number of benzene rings is 1. The van der Waals surface area contributed by atoms with Gasteiger partial charge in [0.25, 0.3) is 5.91 Å². The monoisotopic (exact) mass is 312 g/mol. The molecular formula is C12H13FN4O3S. The second kappa shape index (κ2) is 5.26. The van der Waals surface area contributed by atoms with Crippen LogP contribution in [0.3, 0.4) is 0 Å². The van der Waals surface area contributed by atoms with Gasteiger partial charge in [0.15, 0.2) is 0 Å². The number of carbonyl (C=O) groups excluding carboxylic acids is 1. The quantitative estimate of drug-likeness (QED) is 0.872. The van der Waals surface area contributed by atoms with Gasteiger partial charge in [0.1, 0.15) is 5.82 Å². The van der Waals surface area contributed by atoms with Gasteiger partial charge in [-0.1, -0.05) is 0 Å². The second-order valence-corrected chi connectivity index (χ2v) is 6.00. The molecule has 0 aliphatic rings. The number of halogens is 1. The highest BCUT2D eigenvalue weighted by Crippen LogP contribution is 2.18. The number of amides is 1. The zero-order chi connectivity index (χ0) is 15.8. The summed E-state index contributed by atoms with van der Waals surface area (Å²) in [6.45, 7) is 1.70. The Kier molecular flexibility index (Phi) is 3.79. The molecule has 1 amide bonds. The first-order chi connectivity index (χ1) is 9.68. The summed E-state index contributed by atoms with van der Waals surface area (Å²) in [6, 6.07) is 2.86. The van der Waals surface area contributed by atoms with Crippen LogP contribution in [0.15, 0.2) is 29.3 Å². The number of nitrogens with one attached hydrogen (secondary N) is 1. The van der Waals surface area contributed by atoms with Crippen LogP contribution < -0.4 is 10.5 Å². The molecule has 0 aliphatic carbocycles. The second-order valence-electron chi connectivity index (χ2n) is 4.44. The minimum atomic E-state index is -4.06. The van der Waals surface area contributed by atoms with Crippen LogP contribution in [0.2, 0.25) is 0 Å². The predicted molar refractivity (Wildman–Crippen MR) is 73.7 cm³/mol. The van der Waals surface area contributed by atoms with E-state index in [0.717, 1.165) is 18.2 Å². The Morgan fingerprint density at radius 2 is 2.05 bits per heavy atom. The number of sulfonamides is 1. The summed E-state index contributed by atoms with van der Waals surface area (Å²) in [5, 5.41) is 11.3. The SMILES string of the molecule is Cc1c(C(=O)Nc2cc(F)cc(S(N)(=O)=O)c2)cnn1C. The molecule has 0 radical (unpaired) electrons. The number of rotatable bonds is 3. The van der Waals surface area contributed by atoms with Crippen LogP contribution in [0.4, 0.5) is 10.1 Å². The van der Waals surface area contributed by atoms with Gasteiger partial charge in [-0.15, -0.1) is 0 Å². The highest BCUT2D eigenvalue weighted by Gasteiger charge is 2.16. The Bertz CT molecular complexity index is 814. The van der Waals surface area contributed by atoms with Crippen molar-refractivity contribution in [3.05, 3.63) is 41.5 Å². The molecule has 0 atom stereocenters. The Hall–Kier alpha value is -2.26. The Labute approximate surface area is 120 Å². The third-order valence-corrected chi connectivity index (χ3v) is 3.83. The van der Waals surface area contributed by atoms with Crippen LogP contribution >= 0.6 is 0 Å². The fourth-order valence-corrected chi connectivity index (χ4v) is 2.29. The van der Waals surface area contributed by atoms with Gasteiger partial charge in [-0.2, -0.15) is 5.10 Å². The molecular weight excluding hydrogens is 299 g/mol. The van der Waals surface area contributed by atoms with Crippen LogP contribution in [-0.4, -0.2) is 24.1 Å². The lowest BCUT2D eigenvalue weighted by Crippen LogP contribution is -2.16. The molecule has 1 heterocycles. The molecule has 0 bridgehead atoms. The summed E-state index contributed by atoms with van der Waals surface area (Å²) < 4.78 is 37.4. The van der Waals surface area contributed by atoms with E-state index < -0.39 is 26.6 Å². The molecule has 0 fully saturated rings. The molecule has 0 aliphatic heterocycles. The summed E-state index contributed by atoms with van der Waals surface area (Å²) in [5.74, 6) is -1.34. The minimum Gasteiger partial charge on any atom is -0.322 e. The molecule has 1 aromatic heterocycles. The third-order valence-electron chi connectivity index (χ3n) is 2.94. The van der Waals surface area contributed by atoms with Crippen molar-refractivity contribution in [2.45, 2.75) is 11.8 Å². The van der Waals surface area contributed by atoms with Crippen molar-refractivity contribution >= 4 is 21.6 Å². The number of carbonyl (C=O) groups is 1. The van der Waals surface area contributed by atoms with Crippen molar-refractivity contribution in [1.82, 2.24) is 9.78 Å². The van der Waals surface area contributed by atoms with Gasteiger partial charge in [0.05, 0.1) is 16.7 Å². The number of aromatic nitrogens is 2. The first-order valence-corrected chi connectivity index (χ1v) is 7.36. The van der Waals surface area contributed by atoms with Crippen LogP contribution in [0.25, 0.3) is 0 Å². The summed E-state index contributed by atoms with van der Waals surface area (Å²) in [4.78, 5) is 11.6. The highest BCUT2D eigenvalue weighted by molar-refractivity contribution is 7.89. The third kappa shape index (κ3) is 3.26. The molecule has 0 unspecified atom stereocenters. The minimum absolute atomic E-state index is 0.00715. The van der Waals surface area contributed by atoms with Crippen molar-refractivity contribution in [3.63, 3.8) is 0 Å². The van der Waals surface area contributed by atoms with Gasteiger partial charge in [0.2, 0.25) is 10.0 Å². The molecule has 21 heavy (non-hydrogen) atoms. The van der Waals surface area contributed by atoms with E-state index in [1.807, 2.05) is 0 Å². The molecule has 112 valence electrons. The van der Waals surface area contributed by atoms with Gasteiger partial charge >= 0.3 is 0 Å². The molecule has 0 spiro atoms. The fraction of sp³-hybridized carbons (Fsp3) is 0.167. The summed E-state index contributed by atoms with van der Waals surface area (Å²) in [6.07, 6.45) is 1.37. The number of nitrogens with two attached hydrogens (primary N) is 1. The van der Waals surface area contributed by atoms with E-state index >= 15 is 0 Å². The van der Waals surface area contributed by atoms with E-state index in [4.69, 9.17) is 5.14 Å². The number of primary sulfonamides is 1. The first kappa shape index (κ1) is 15.1. The lowest BCUT2D eigenvalue weighted by molar-refractivity contribution is 0.102. The van der Waals surface area contributed by atoms with Gasteiger partial charge < -0.3 is 5.32 Å². The van der Waals surface area contributed by atoms with Crippen LogP contribution in [-0.2, 0) is 17.1 Å². The maximum atomic E-state index is 13.4. The maximum absolute atomic E-state index is 13.4. The summed E-state index contributed by atoms with van der Waals surface area (Å²) >= 11 is 0. The highest BCUT2D eigenvalue weighted by atomic mass is 32.2. The van der Waals surface area contributed by atoms with Crippen molar-refractivity contribution in [2.24, 2.45) is 12.2 Å². The smallest absolute Gasteiger partial charge is 0.259 e. The maximum Gasteiger partial charge on any atom is 0.259 e. The summed E-state index contributed by atoms with van der Waals surface area (Å²) in [7, 11) is -2.39. The standard InChI is InChI=1S/C12H13FN4O3S/c1-7-11(6-15-17(7)2)12(18)16-9-3-8(13)4-10(5-9)21(14,19)20/h3-6H,1-2H3,(H,16,18)(H2,14,19,20). The number of nitrogens with zero attached hydrogens (tertiary/aromatic N) is 2. The van der Waals surface area contributed by atoms with Crippen molar-refractivity contribution in [2.75, 3.05) is 5.32 Å². The van der Waals surface area contributed by atoms with Crippen LogP contribution in [0.1, 0.15) is 16.1 Å². The predicted octanol–water partition coefficient (Wildman–Crippen LogP) is 0.767. The van der Waals surface area contributed by atoms with Gasteiger partial charge in [-0.3, -0.25) is 9.48 Å². The van der Waals surface area contributed by atoms with Gasteiger partial charge in [-0.05, 0) is 25.1 Å². The molecule has 0 saturated carbocycles. The van der Waals surface area contributed by atoms with E-state index in [1.165, 1.54) is 10.9 Å². The normalized spacial score (nSPS) is 11.4. The lowest BCUT2D eigenvalue weighted by Gasteiger charge is -2.07. The van der Waals surface area contributed by atoms with Crippen molar-refractivity contribution in [3.8, 4) is 0 Å². The van der Waals surface area contributed by atoms with E-state index in [9.17, 15) is 17.6 Å². The average molecular weight is 312 g/mol. The molecule has 1 aromatic carbocycles. The fourth-order valence-electron chi connectivity index (χ4n) is 1.72. The van der Waals surface area contributed by atoms with Gasteiger partial charge in [0, 0.05) is 18.4 Å². The number of hydrogen-bond acceptors (Lipinski definition) is 4. The number of aryl methyl sites for hydroxylation is 1. The van der Waals surface area contributed by atoms with E-state index in [0.29, 0.717) is 11.3 Å².